The van der Waals surface area contributed by atoms with Crippen molar-refractivity contribution in [3.8, 4) is 0 Å². The van der Waals surface area contributed by atoms with Crippen molar-refractivity contribution in [3.05, 3.63) is 0 Å². The second-order valence-corrected chi connectivity index (χ2v) is 10.2. The molecule has 0 saturated heterocycles. The lowest BCUT2D eigenvalue weighted by molar-refractivity contribution is -0.193. The van der Waals surface area contributed by atoms with Gasteiger partial charge in [0.25, 0.3) is 0 Å². The molecule has 27 heavy (non-hydrogen) atoms. The van der Waals surface area contributed by atoms with Gasteiger partial charge in [0, 0.05) is 0 Å². The molecule has 3 rings (SSSR count). The standard InChI is InChI=1S/C25H43FO/c1-3-5-6-7-8-9-11-21-14-18-25(19-15-21)22(26)24(23(25)27)16-12-20(10-4-2)13-17-24/h20-22H,3-19H2,1-2H3/t20?,21?,22-,24-,25-/m1/s1. The molecule has 0 aromatic rings. The second-order valence-electron chi connectivity index (χ2n) is 10.2. The summed E-state index contributed by atoms with van der Waals surface area (Å²) in [5, 5.41) is 0. The number of carbonyl (C=O) groups excluding carboxylic acids is 1. The van der Waals surface area contributed by atoms with Crippen molar-refractivity contribution in [1.82, 2.24) is 0 Å². The van der Waals surface area contributed by atoms with Gasteiger partial charge in [-0.05, 0) is 63.2 Å². The first-order valence-corrected chi connectivity index (χ1v) is 12.3. The van der Waals surface area contributed by atoms with Gasteiger partial charge >= 0.3 is 0 Å². The van der Waals surface area contributed by atoms with E-state index in [-0.39, 0.29) is 0 Å². The minimum absolute atomic E-state index is 0.343. The highest BCUT2D eigenvalue weighted by molar-refractivity contribution is 5.98. The Morgan fingerprint density at radius 2 is 1.22 bits per heavy atom. The summed E-state index contributed by atoms with van der Waals surface area (Å²) in [7, 11) is 0. The van der Waals surface area contributed by atoms with Crippen LogP contribution in [0.1, 0.15) is 123 Å². The van der Waals surface area contributed by atoms with Gasteiger partial charge in [0.1, 0.15) is 6.17 Å². The van der Waals surface area contributed by atoms with Crippen molar-refractivity contribution in [3.63, 3.8) is 0 Å². The molecule has 0 unspecified atom stereocenters. The van der Waals surface area contributed by atoms with Crippen LogP contribution in [-0.2, 0) is 4.79 Å². The van der Waals surface area contributed by atoms with Gasteiger partial charge in [-0.2, -0.15) is 0 Å². The molecule has 0 amide bonds. The fourth-order valence-corrected chi connectivity index (χ4v) is 6.72. The third-order valence-electron chi connectivity index (χ3n) is 8.53. The van der Waals surface area contributed by atoms with Gasteiger partial charge < -0.3 is 0 Å². The summed E-state index contributed by atoms with van der Waals surface area (Å²) in [5.74, 6) is 1.83. The molecule has 2 heteroatoms. The SMILES string of the molecule is CCCCCCCCC1CC[C@]2(CC1)C(=O)[C@@]1(CCC(CCC)CC1)[C@H]2F. The lowest BCUT2D eigenvalue weighted by Gasteiger charge is -2.61. The van der Waals surface area contributed by atoms with Crippen LogP contribution in [0.3, 0.4) is 0 Å². The summed E-state index contributed by atoms with van der Waals surface area (Å²) in [6.45, 7) is 4.49. The number of halogens is 1. The molecule has 0 aromatic carbocycles. The van der Waals surface area contributed by atoms with Gasteiger partial charge in [0.15, 0.2) is 5.78 Å². The third kappa shape index (κ3) is 4.15. The Bertz CT molecular complexity index is 469. The van der Waals surface area contributed by atoms with Crippen molar-refractivity contribution in [2.45, 2.75) is 129 Å². The van der Waals surface area contributed by atoms with E-state index in [0.717, 1.165) is 63.2 Å². The Kier molecular flexibility index (Phi) is 7.42. The van der Waals surface area contributed by atoms with E-state index < -0.39 is 17.0 Å². The number of ketones is 1. The zero-order chi connectivity index (χ0) is 19.3. The lowest BCUT2D eigenvalue weighted by Crippen LogP contribution is -2.69. The van der Waals surface area contributed by atoms with E-state index in [1.165, 1.54) is 57.8 Å². The van der Waals surface area contributed by atoms with E-state index in [9.17, 15) is 4.79 Å². The zero-order valence-corrected chi connectivity index (χ0v) is 18.0. The van der Waals surface area contributed by atoms with E-state index in [2.05, 4.69) is 13.8 Å². The van der Waals surface area contributed by atoms with Crippen LogP contribution in [0.4, 0.5) is 4.39 Å². The highest BCUT2D eigenvalue weighted by atomic mass is 19.1. The molecule has 1 nitrogen and oxygen atoms in total. The van der Waals surface area contributed by atoms with Crippen LogP contribution in [-0.4, -0.2) is 12.0 Å². The van der Waals surface area contributed by atoms with Crippen LogP contribution in [0.5, 0.6) is 0 Å². The molecule has 2 spiro atoms. The van der Waals surface area contributed by atoms with Gasteiger partial charge in [-0.15, -0.1) is 0 Å². The van der Waals surface area contributed by atoms with E-state index in [4.69, 9.17) is 0 Å². The fourth-order valence-electron chi connectivity index (χ4n) is 6.72. The Morgan fingerprint density at radius 1 is 0.741 bits per heavy atom. The van der Waals surface area contributed by atoms with Crippen LogP contribution < -0.4 is 0 Å². The van der Waals surface area contributed by atoms with Gasteiger partial charge in [-0.25, -0.2) is 4.39 Å². The van der Waals surface area contributed by atoms with Crippen LogP contribution in [0.15, 0.2) is 0 Å². The fraction of sp³-hybridized carbons (Fsp3) is 0.960. The number of unbranched alkanes of at least 4 members (excludes halogenated alkanes) is 5. The van der Waals surface area contributed by atoms with E-state index in [1.54, 1.807) is 0 Å². The van der Waals surface area contributed by atoms with Crippen molar-refractivity contribution >= 4 is 5.78 Å². The molecule has 156 valence electrons. The maximum atomic E-state index is 15.5. The molecule has 0 heterocycles. The van der Waals surface area contributed by atoms with Gasteiger partial charge in [-0.1, -0.05) is 71.6 Å². The zero-order valence-electron chi connectivity index (χ0n) is 18.0. The molecule has 1 atom stereocenters. The molecule has 0 aromatic heterocycles. The predicted octanol–water partition coefficient (Wildman–Crippen LogP) is 7.81. The molecular weight excluding hydrogens is 335 g/mol. The van der Waals surface area contributed by atoms with Gasteiger partial charge in [-0.3, -0.25) is 4.79 Å². The quantitative estimate of drug-likeness (QED) is 0.374. The van der Waals surface area contributed by atoms with Crippen molar-refractivity contribution in [2.24, 2.45) is 22.7 Å². The summed E-state index contributed by atoms with van der Waals surface area (Å²) in [4.78, 5) is 13.2. The first-order chi connectivity index (χ1) is 13.1. The Labute approximate surface area is 167 Å². The minimum Gasteiger partial charge on any atom is -0.298 e. The molecular formula is C25H43FO. The average Bonchev–Trinajstić information content (AvgIpc) is 2.71. The lowest BCUT2D eigenvalue weighted by atomic mass is 9.41. The number of rotatable bonds is 9. The molecule has 3 fully saturated rings. The summed E-state index contributed by atoms with van der Waals surface area (Å²) >= 11 is 0. The van der Waals surface area contributed by atoms with Crippen LogP contribution >= 0.6 is 0 Å². The van der Waals surface area contributed by atoms with Gasteiger partial charge in [0.2, 0.25) is 0 Å². The first-order valence-electron chi connectivity index (χ1n) is 12.3. The largest absolute Gasteiger partial charge is 0.298 e. The number of Topliss-reactive ketones (excluding diaryl/α,β-unsaturated/α-hetero) is 1. The molecule has 0 radical (unpaired) electrons. The summed E-state index contributed by atoms with van der Waals surface area (Å²) in [6.07, 6.45) is 18.7. The molecule has 3 aliphatic rings. The molecule has 0 aliphatic heterocycles. The predicted molar refractivity (Wildman–Crippen MR) is 112 cm³/mol. The number of hydrogen-bond donors (Lipinski definition) is 0. The topological polar surface area (TPSA) is 17.1 Å². The number of carbonyl (C=O) groups is 1. The Hall–Kier alpha value is -0.400. The van der Waals surface area contributed by atoms with Crippen LogP contribution in [0, 0.1) is 22.7 Å². The van der Waals surface area contributed by atoms with Gasteiger partial charge in [0.05, 0.1) is 10.8 Å². The highest BCUT2D eigenvalue weighted by Gasteiger charge is 2.71. The van der Waals surface area contributed by atoms with E-state index >= 15 is 4.39 Å². The number of alkyl halides is 1. The Morgan fingerprint density at radius 3 is 1.70 bits per heavy atom. The normalized spacial score (nSPS) is 39.1. The maximum absolute atomic E-state index is 15.5. The van der Waals surface area contributed by atoms with E-state index in [0.29, 0.717) is 5.78 Å². The highest BCUT2D eigenvalue weighted by Crippen LogP contribution is 2.65. The average molecular weight is 379 g/mol. The van der Waals surface area contributed by atoms with Crippen molar-refractivity contribution in [2.75, 3.05) is 0 Å². The summed E-state index contributed by atoms with van der Waals surface area (Å²) in [6, 6.07) is 0. The second kappa shape index (κ2) is 9.40. The molecule has 3 saturated carbocycles. The summed E-state index contributed by atoms with van der Waals surface area (Å²) in [5.41, 5.74) is -1.12. The monoisotopic (exact) mass is 378 g/mol. The smallest absolute Gasteiger partial charge is 0.151 e. The van der Waals surface area contributed by atoms with Crippen molar-refractivity contribution in [1.29, 1.82) is 0 Å². The van der Waals surface area contributed by atoms with Crippen molar-refractivity contribution < 1.29 is 9.18 Å². The Balaban J connectivity index is 1.42. The minimum atomic E-state index is -0.838. The third-order valence-corrected chi connectivity index (χ3v) is 8.53. The summed E-state index contributed by atoms with van der Waals surface area (Å²) < 4.78 is 15.5. The first kappa shape index (κ1) is 21.3. The van der Waals surface area contributed by atoms with E-state index in [1.807, 2.05) is 0 Å². The number of hydrogen-bond acceptors (Lipinski definition) is 1. The molecule has 3 aliphatic carbocycles. The maximum Gasteiger partial charge on any atom is 0.151 e. The molecule has 0 bridgehead atoms. The van der Waals surface area contributed by atoms with Crippen LogP contribution in [0.25, 0.3) is 0 Å². The molecule has 0 N–H and O–H groups in total. The van der Waals surface area contributed by atoms with Crippen LogP contribution in [0.2, 0.25) is 0 Å².